The van der Waals surface area contributed by atoms with Crippen LogP contribution in [0, 0.1) is 0 Å². The summed E-state index contributed by atoms with van der Waals surface area (Å²) in [5.41, 5.74) is 0. The molecule has 1 aromatic carbocycles. The van der Waals surface area contributed by atoms with E-state index in [9.17, 15) is 0 Å². The molecule has 0 aliphatic carbocycles. The standard InChI is InChI=1S/C6H6.C5H12.C2H6/c1-2-4-6-5-3-1;1-3-5-4-2;1-2/h1-6H;3-5H2,1-2H3;1-2H3. The summed E-state index contributed by atoms with van der Waals surface area (Å²) in [6.45, 7) is 8.42. The van der Waals surface area contributed by atoms with Gasteiger partial charge in [0.2, 0.25) is 0 Å². The normalized spacial score (nSPS) is 7.38. The molecule has 0 radical (unpaired) electrons. The van der Waals surface area contributed by atoms with Crippen LogP contribution in [0.3, 0.4) is 0 Å². The Kier molecular flexibility index (Phi) is 19.7. The van der Waals surface area contributed by atoms with Gasteiger partial charge in [0.15, 0.2) is 0 Å². The second-order valence-electron chi connectivity index (χ2n) is 2.51. The summed E-state index contributed by atoms with van der Waals surface area (Å²) in [6, 6.07) is 12.0. The van der Waals surface area contributed by atoms with Crippen LogP contribution >= 0.6 is 0 Å². The van der Waals surface area contributed by atoms with Gasteiger partial charge in [-0.2, -0.15) is 0 Å². The van der Waals surface area contributed by atoms with Crippen LogP contribution in [0.4, 0.5) is 0 Å². The number of hydrogen-bond acceptors (Lipinski definition) is 0. The minimum Gasteiger partial charge on any atom is -0.0683 e. The average Bonchev–Trinajstić information content (AvgIpc) is 2.25. The molecule has 0 spiro atoms. The van der Waals surface area contributed by atoms with E-state index in [1.165, 1.54) is 19.3 Å². The van der Waals surface area contributed by atoms with E-state index in [0.29, 0.717) is 0 Å². The Labute approximate surface area is 84.0 Å². The molecule has 1 rings (SSSR count). The van der Waals surface area contributed by atoms with Crippen molar-refractivity contribution in [2.75, 3.05) is 0 Å². The summed E-state index contributed by atoms with van der Waals surface area (Å²) in [4.78, 5) is 0. The topological polar surface area (TPSA) is 0 Å². The molecule has 76 valence electrons. The molecular formula is C13H24. The number of benzene rings is 1. The largest absolute Gasteiger partial charge is 0.0683 e. The van der Waals surface area contributed by atoms with Gasteiger partial charge in [0.05, 0.1) is 0 Å². The van der Waals surface area contributed by atoms with Gasteiger partial charge in [0, 0.05) is 0 Å². The molecule has 1 aromatic rings. The van der Waals surface area contributed by atoms with Gasteiger partial charge in [0.25, 0.3) is 0 Å². The first kappa shape index (κ1) is 14.7. The van der Waals surface area contributed by atoms with E-state index in [2.05, 4.69) is 13.8 Å². The molecule has 0 aliphatic heterocycles. The first-order valence-electron chi connectivity index (χ1n) is 5.41. The Balaban J connectivity index is 0. The van der Waals surface area contributed by atoms with Crippen LogP contribution in [0.25, 0.3) is 0 Å². The van der Waals surface area contributed by atoms with Crippen molar-refractivity contribution in [2.45, 2.75) is 47.0 Å². The van der Waals surface area contributed by atoms with Gasteiger partial charge >= 0.3 is 0 Å². The van der Waals surface area contributed by atoms with E-state index in [-0.39, 0.29) is 0 Å². The molecule has 0 nitrogen and oxygen atoms in total. The van der Waals surface area contributed by atoms with Crippen molar-refractivity contribution in [2.24, 2.45) is 0 Å². The highest BCUT2D eigenvalue weighted by Crippen LogP contribution is 1.88. The van der Waals surface area contributed by atoms with Gasteiger partial charge in [0.1, 0.15) is 0 Å². The highest BCUT2D eigenvalue weighted by atomic mass is 13.7. The second kappa shape index (κ2) is 17.3. The fourth-order valence-corrected chi connectivity index (χ4v) is 0.738. The van der Waals surface area contributed by atoms with Crippen LogP contribution in [-0.2, 0) is 0 Å². The Morgan fingerprint density at radius 2 is 0.846 bits per heavy atom. The molecular weight excluding hydrogens is 156 g/mol. The quantitative estimate of drug-likeness (QED) is 0.606. The molecule has 0 bridgehead atoms. The first-order chi connectivity index (χ1) is 6.41. The Bertz CT molecular complexity index is 103. The van der Waals surface area contributed by atoms with Crippen LogP contribution in [-0.4, -0.2) is 0 Å². The summed E-state index contributed by atoms with van der Waals surface area (Å²) < 4.78 is 0. The lowest BCUT2D eigenvalue weighted by molar-refractivity contribution is 0.772. The van der Waals surface area contributed by atoms with Crippen LogP contribution in [0.15, 0.2) is 36.4 Å². The average molecular weight is 180 g/mol. The van der Waals surface area contributed by atoms with Gasteiger partial charge in [-0.3, -0.25) is 0 Å². The second-order valence-corrected chi connectivity index (χ2v) is 2.51. The molecule has 0 aromatic heterocycles. The maximum absolute atomic E-state index is 2.21. The van der Waals surface area contributed by atoms with Gasteiger partial charge in [-0.05, 0) is 0 Å². The maximum atomic E-state index is 2.21. The smallest absolute Gasteiger partial charge is 0.0538 e. The first-order valence-corrected chi connectivity index (χ1v) is 5.41. The van der Waals surface area contributed by atoms with E-state index in [0.717, 1.165) is 0 Å². The Hall–Kier alpha value is -0.780. The molecule has 0 heteroatoms. The third-order valence-electron chi connectivity index (χ3n) is 1.37. The minimum atomic E-state index is 1.34. The van der Waals surface area contributed by atoms with Gasteiger partial charge in [-0.25, -0.2) is 0 Å². The molecule has 0 fully saturated rings. The predicted molar refractivity (Wildman–Crippen MR) is 63.0 cm³/mol. The number of hydrogen-bond donors (Lipinski definition) is 0. The van der Waals surface area contributed by atoms with Crippen molar-refractivity contribution in [3.8, 4) is 0 Å². The van der Waals surface area contributed by atoms with Crippen molar-refractivity contribution >= 4 is 0 Å². The summed E-state index contributed by atoms with van der Waals surface area (Å²) in [5, 5.41) is 0. The molecule has 0 amide bonds. The van der Waals surface area contributed by atoms with Crippen molar-refractivity contribution in [1.29, 1.82) is 0 Å². The molecule has 13 heavy (non-hydrogen) atoms. The lowest BCUT2D eigenvalue weighted by Gasteiger charge is -1.79. The molecule has 0 atom stereocenters. The monoisotopic (exact) mass is 180 g/mol. The lowest BCUT2D eigenvalue weighted by Crippen LogP contribution is -1.59. The zero-order chi connectivity index (χ0) is 10.4. The molecule has 0 heterocycles. The predicted octanol–water partition coefficient (Wildman–Crippen LogP) is 4.91. The third-order valence-corrected chi connectivity index (χ3v) is 1.37. The van der Waals surface area contributed by atoms with Crippen molar-refractivity contribution < 1.29 is 0 Å². The van der Waals surface area contributed by atoms with Crippen LogP contribution < -0.4 is 0 Å². The lowest BCUT2D eigenvalue weighted by atomic mass is 10.3. The summed E-state index contributed by atoms with van der Waals surface area (Å²) in [6.07, 6.45) is 4.08. The molecule has 0 aliphatic rings. The fraction of sp³-hybridized carbons (Fsp3) is 0.538. The SMILES string of the molecule is CC.CCCCC.c1ccccc1. The molecule has 0 saturated carbocycles. The third kappa shape index (κ3) is 18.3. The van der Waals surface area contributed by atoms with Crippen LogP contribution in [0.5, 0.6) is 0 Å². The zero-order valence-electron chi connectivity index (χ0n) is 9.59. The van der Waals surface area contributed by atoms with E-state index < -0.39 is 0 Å². The van der Waals surface area contributed by atoms with E-state index in [4.69, 9.17) is 0 Å². The molecule has 0 saturated heterocycles. The van der Waals surface area contributed by atoms with E-state index in [1.54, 1.807) is 0 Å². The van der Waals surface area contributed by atoms with Gasteiger partial charge in [-0.15, -0.1) is 0 Å². The van der Waals surface area contributed by atoms with Gasteiger partial charge < -0.3 is 0 Å². The maximum Gasteiger partial charge on any atom is -0.0538 e. The molecule has 0 N–H and O–H groups in total. The Morgan fingerprint density at radius 1 is 0.615 bits per heavy atom. The van der Waals surface area contributed by atoms with Crippen LogP contribution in [0.2, 0.25) is 0 Å². The fourth-order valence-electron chi connectivity index (χ4n) is 0.738. The zero-order valence-corrected chi connectivity index (χ0v) is 9.59. The van der Waals surface area contributed by atoms with E-state index in [1.807, 2.05) is 50.2 Å². The van der Waals surface area contributed by atoms with Crippen molar-refractivity contribution in [3.05, 3.63) is 36.4 Å². The highest BCUT2D eigenvalue weighted by Gasteiger charge is 1.68. The van der Waals surface area contributed by atoms with Crippen molar-refractivity contribution in [3.63, 3.8) is 0 Å². The highest BCUT2D eigenvalue weighted by molar-refractivity contribution is 4.99. The summed E-state index contributed by atoms with van der Waals surface area (Å²) in [5.74, 6) is 0. The summed E-state index contributed by atoms with van der Waals surface area (Å²) >= 11 is 0. The van der Waals surface area contributed by atoms with Crippen molar-refractivity contribution in [1.82, 2.24) is 0 Å². The number of rotatable bonds is 2. The number of unbranched alkanes of at least 4 members (excludes halogenated alkanes) is 2. The minimum absolute atomic E-state index is 1.34. The van der Waals surface area contributed by atoms with Crippen LogP contribution in [0.1, 0.15) is 47.0 Å². The van der Waals surface area contributed by atoms with E-state index >= 15 is 0 Å². The molecule has 0 unspecified atom stereocenters. The summed E-state index contributed by atoms with van der Waals surface area (Å²) in [7, 11) is 0. The Morgan fingerprint density at radius 3 is 0.923 bits per heavy atom. The van der Waals surface area contributed by atoms with Gasteiger partial charge in [-0.1, -0.05) is 83.4 Å².